The van der Waals surface area contributed by atoms with Crippen LogP contribution < -0.4 is 0 Å². The zero-order valence-electron chi connectivity index (χ0n) is 7.77. The molecule has 0 radical (unpaired) electrons. The maximum absolute atomic E-state index is 9.71. The molecule has 0 spiro atoms. The minimum atomic E-state index is -0.679. The Balaban J connectivity index is 2.79. The summed E-state index contributed by atoms with van der Waals surface area (Å²) in [5.74, 6) is 0. The van der Waals surface area contributed by atoms with Gasteiger partial charge in [0.25, 0.3) is 0 Å². The van der Waals surface area contributed by atoms with Gasteiger partial charge < -0.3 is 9.94 Å². The molecule has 0 heterocycles. The molecule has 0 aliphatic carbocycles. The lowest BCUT2D eigenvalue weighted by atomic mass is 10.1. The standard InChI is InChI=1S/C10H13NO2/c1-8(11-13-2)10(12)9-6-4-3-5-7-9/h3-7,10,12H,1-2H3/b11-8-. The van der Waals surface area contributed by atoms with Crippen LogP contribution >= 0.6 is 0 Å². The van der Waals surface area contributed by atoms with E-state index in [4.69, 9.17) is 0 Å². The van der Waals surface area contributed by atoms with Crippen molar-refractivity contribution < 1.29 is 9.94 Å². The van der Waals surface area contributed by atoms with E-state index in [1.807, 2.05) is 30.3 Å². The maximum atomic E-state index is 9.71. The molecular weight excluding hydrogens is 166 g/mol. The van der Waals surface area contributed by atoms with Crippen LogP contribution in [0.15, 0.2) is 35.5 Å². The second-order valence-electron chi connectivity index (χ2n) is 2.73. The largest absolute Gasteiger partial charge is 0.399 e. The van der Waals surface area contributed by atoms with Crippen LogP contribution in [0.1, 0.15) is 18.6 Å². The van der Waals surface area contributed by atoms with Crippen molar-refractivity contribution in [2.75, 3.05) is 7.11 Å². The van der Waals surface area contributed by atoms with E-state index < -0.39 is 6.10 Å². The van der Waals surface area contributed by atoms with Crippen LogP contribution in [0.4, 0.5) is 0 Å². The highest BCUT2D eigenvalue weighted by Crippen LogP contribution is 2.13. The SMILES string of the molecule is CO/N=C(/C)C(O)c1ccccc1. The third-order valence-corrected chi connectivity index (χ3v) is 1.75. The van der Waals surface area contributed by atoms with Gasteiger partial charge in [0.15, 0.2) is 0 Å². The number of nitrogens with zero attached hydrogens (tertiary/aromatic N) is 1. The van der Waals surface area contributed by atoms with Gasteiger partial charge in [-0.1, -0.05) is 35.5 Å². The summed E-state index contributed by atoms with van der Waals surface area (Å²) >= 11 is 0. The molecule has 0 amide bonds. The molecule has 1 aromatic carbocycles. The normalized spacial score (nSPS) is 13.9. The van der Waals surface area contributed by atoms with E-state index in [2.05, 4.69) is 9.99 Å². The van der Waals surface area contributed by atoms with Gasteiger partial charge in [0.05, 0.1) is 5.71 Å². The van der Waals surface area contributed by atoms with Gasteiger partial charge in [0.2, 0.25) is 0 Å². The van der Waals surface area contributed by atoms with Crippen molar-refractivity contribution >= 4 is 5.71 Å². The molecule has 1 N–H and O–H groups in total. The highest BCUT2D eigenvalue weighted by atomic mass is 16.6. The first-order chi connectivity index (χ1) is 6.25. The number of aliphatic hydroxyl groups excluding tert-OH is 1. The monoisotopic (exact) mass is 179 g/mol. The summed E-state index contributed by atoms with van der Waals surface area (Å²) < 4.78 is 0. The molecular formula is C10H13NO2. The molecule has 0 fully saturated rings. The number of hydrogen-bond acceptors (Lipinski definition) is 3. The first kappa shape index (κ1) is 9.74. The van der Waals surface area contributed by atoms with Crippen LogP contribution in [0.25, 0.3) is 0 Å². The van der Waals surface area contributed by atoms with Crippen molar-refractivity contribution in [2.24, 2.45) is 5.16 Å². The Morgan fingerprint density at radius 1 is 1.38 bits per heavy atom. The first-order valence-electron chi connectivity index (χ1n) is 4.06. The van der Waals surface area contributed by atoms with E-state index in [9.17, 15) is 5.11 Å². The number of hydrogen-bond donors (Lipinski definition) is 1. The summed E-state index contributed by atoms with van der Waals surface area (Å²) in [4.78, 5) is 4.57. The third kappa shape index (κ3) is 2.56. The van der Waals surface area contributed by atoms with E-state index in [1.54, 1.807) is 6.92 Å². The minimum Gasteiger partial charge on any atom is -0.399 e. The second kappa shape index (κ2) is 4.62. The van der Waals surface area contributed by atoms with Crippen LogP contribution in [-0.2, 0) is 4.84 Å². The van der Waals surface area contributed by atoms with Gasteiger partial charge in [-0.3, -0.25) is 0 Å². The fourth-order valence-corrected chi connectivity index (χ4v) is 1.07. The molecule has 0 aliphatic heterocycles. The van der Waals surface area contributed by atoms with Gasteiger partial charge in [-0.15, -0.1) is 0 Å². The number of benzene rings is 1. The van der Waals surface area contributed by atoms with Gasteiger partial charge >= 0.3 is 0 Å². The Morgan fingerprint density at radius 3 is 2.54 bits per heavy atom. The Morgan fingerprint density at radius 2 is 2.00 bits per heavy atom. The minimum absolute atomic E-state index is 0.550. The van der Waals surface area contributed by atoms with Crippen LogP contribution in [0.3, 0.4) is 0 Å². The highest BCUT2D eigenvalue weighted by molar-refractivity contribution is 5.86. The van der Waals surface area contributed by atoms with E-state index in [0.29, 0.717) is 5.71 Å². The molecule has 1 aromatic rings. The molecule has 3 nitrogen and oxygen atoms in total. The molecule has 0 bridgehead atoms. The quantitative estimate of drug-likeness (QED) is 0.567. The molecule has 1 rings (SSSR count). The molecule has 13 heavy (non-hydrogen) atoms. The van der Waals surface area contributed by atoms with Gasteiger partial charge in [0.1, 0.15) is 13.2 Å². The van der Waals surface area contributed by atoms with Gasteiger partial charge in [-0.05, 0) is 12.5 Å². The topological polar surface area (TPSA) is 41.8 Å². The lowest BCUT2D eigenvalue weighted by molar-refractivity contribution is 0.195. The fraction of sp³-hybridized carbons (Fsp3) is 0.300. The molecule has 1 unspecified atom stereocenters. The van der Waals surface area contributed by atoms with E-state index in [0.717, 1.165) is 5.56 Å². The van der Waals surface area contributed by atoms with Gasteiger partial charge in [-0.25, -0.2) is 0 Å². The molecule has 1 atom stereocenters. The lowest BCUT2D eigenvalue weighted by Gasteiger charge is -2.08. The first-order valence-corrected chi connectivity index (χ1v) is 4.06. The van der Waals surface area contributed by atoms with E-state index in [1.165, 1.54) is 7.11 Å². The maximum Gasteiger partial charge on any atom is 0.120 e. The average Bonchev–Trinajstić information content (AvgIpc) is 2.18. The Kier molecular flexibility index (Phi) is 3.46. The van der Waals surface area contributed by atoms with Gasteiger partial charge in [0, 0.05) is 0 Å². The Labute approximate surface area is 77.6 Å². The second-order valence-corrected chi connectivity index (χ2v) is 2.73. The third-order valence-electron chi connectivity index (χ3n) is 1.75. The van der Waals surface area contributed by atoms with Crippen LogP contribution in [0, 0.1) is 0 Å². The van der Waals surface area contributed by atoms with Crippen molar-refractivity contribution in [1.82, 2.24) is 0 Å². The fourth-order valence-electron chi connectivity index (χ4n) is 1.07. The summed E-state index contributed by atoms with van der Waals surface area (Å²) in [6, 6.07) is 9.34. The Bertz CT molecular complexity index is 282. The van der Waals surface area contributed by atoms with Crippen molar-refractivity contribution in [3.8, 4) is 0 Å². The average molecular weight is 179 g/mol. The van der Waals surface area contributed by atoms with E-state index >= 15 is 0 Å². The highest BCUT2D eigenvalue weighted by Gasteiger charge is 2.10. The van der Waals surface area contributed by atoms with Crippen molar-refractivity contribution in [2.45, 2.75) is 13.0 Å². The van der Waals surface area contributed by atoms with Crippen LogP contribution in [0.2, 0.25) is 0 Å². The molecule has 70 valence electrons. The number of rotatable bonds is 3. The zero-order valence-corrected chi connectivity index (χ0v) is 7.77. The molecule has 0 saturated heterocycles. The lowest BCUT2D eigenvalue weighted by Crippen LogP contribution is -2.08. The summed E-state index contributed by atoms with van der Waals surface area (Å²) in [6.07, 6.45) is -0.679. The summed E-state index contributed by atoms with van der Waals surface area (Å²) in [7, 11) is 1.46. The molecule has 3 heteroatoms. The predicted molar refractivity (Wildman–Crippen MR) is 51.5 cm³/mol. The van der Waals surface area contributed by atoms with E-state index in [-0.39, 0.29) is 0 Å². The van der Waals surface area contributed by atoms with Crippen molar-refractivity contribution in [3.63, 3.8) is 0 Å². The van der Waals surface area contributed by atoms with Gasteiger partial charge in [-0.2, -0.15) is 0 Å². The molecule has 0 aliphatic rings. The molecule has 0 saturated carbocycles. The van der Waals surface area contributed by atoms with Crippen molar-refractivity contribution in [1.29, 1.82) is 0 Å². The van der Waals surface area contributed by atoms with Crippen LogP contribution in [0.5, 0.6) is 0 Å². The summed E-state index contributed by atoms with van der Waals surface area (Å²) in [5, 5.41) is 13.4. The van der Waals surface area contributed by atoms with Crippen LogP contribution in [-0.4, -0.2) is 17.9 Å². The summed E-state index contributed by atoms with van der Waals surface area (Å²) in [6.45, 7) is 1.72. The smallest absolute Gasteiger partial charge is 0.120 e. The zero-order chi connectivity index (χ0) is 9.68. The van der Waals surface area contributed by atoms with Crippen molar-refractivity contribution in [3.05, 3.63) is 35.9 Å². The number of oxime groups is 1. The summed E-state index contributed by atoms with van der Waals surface area (Å²) in [5.41, 5.74) is 1.37. The number of aliphatic hydroxyl groups is 1. The Hall–Kier alpha value is -1.35. The molecule has 0 aromatic heterocycles. The predicted octanol–water partition coefficient (Wildman–Crippen LogP) is 1.74.